The molecule has 20 nitrogen and oxygen atoms in total. The van der Waals surface area contributed by atoms with Crippen molar-refractivity contribution in [3.63, 3.8) is 0 Å². The fourth-order valence-corrected chi connectivity index (χ4v) is 2.77. The molecule has 0 radical (unpaired) electrons. The van der Waals surface area contributed by atoms with Crippen molar-refractivity contribution in [2.24, 2.45) is 0 Å². The number of ether oxygens (including phenoxy) is 3. The Kier molecular flexibility index (Phi) is 11.7. The lowest BCUT2D eigenvalue weighted by Gasteiger charge is -2.36. The zero-order valence-electron chi connectivity index (χ0n) is 18.9. The Morgan fingerprint density at radius 2 is 1.21 bits per heavy atom. The van der Waals surface area contributed by atoms with Crippen LogP contribution in [0.25, 0.3) is 0 Å². The molecule has 0 aromatic carbocycles. The molecular formula is C18H28O20. The Balaban J connectivity index is 3.26. The molecule has 1 heterocycles. The van der Waals surface area contributed by atoms with Gasteiger partial charge in [0.15, 0.2) is 18.0 Å². The van der Waals surface area contributed by atoms with Crippen LogP contribution in [0.1, 0.15) is 0 Å². The largest absolute Gasteiger partial charge is 0.505 e. The van der Waals surface area contributed by atoms with Crippen LogP contribution in [-0.4, -0.2) is 170 Å². The summed E-state index contributed by atoms with van der Waals surface area (Å²) in [7, 11) is 0. The second-order valence-corrected chi connectivity index (χ2v) is 7.83. The normalized spacial score (nSPS) is 24.6. The summed E-state index contributed by atoms with van der Waals surface area (Å²) in [6.45, 7) is -2.33. The number of hydrogen-bond donors (Lipinski definition) is 14. The topological polar surface area (TPSA) is 362 Å². The fourth-order valence-electron chi connectivity index (χ4n) is 2.77. The molecular weight excluding hydrogens is 536 g/mol. The Hall–Kier alpha value is -2.73. The number of carbonyl (C=O) groups is 3. The number of aliphatic hydroxyl groups excluding tert-OH is 13. The van der Waals surface area contributed by atoms with Gasteiger partial charge in [-0.05, 0) is 0 Å². The summed E-state index contributed by atoms with van der Waals surface area (Å²) in [6.07, 6.45) is -26.3. The highest BCUT2D eigenvalue weighted by Crippen LogP contribution is 2.33. The highest BCUT2D eigenvalue weighted by atomic mass is 16.7. The smallest absolute Gasteiger partial charge is 0.378 e. The first-order valence-electron chi connectivity index (χ1n) is 10.3. The van der Waals surface area contributed by atoms with Crippen LogP contribution in [0.4, 0.5) is 0 Å². The third-order valence-corrected chi connectivity index (χ3v) is 5.12. The quantitative estimate of drug-likeness (QED) is 0.0528. The molecule has 0 fully saturated rings. The molecule has 220 valence electrons. The van der Waals surface area contributed by atoms with Crippen LogP contribution < -0.4 is 0 Å². The van der Waals surface area contributed by atoms with Crippen LogP contribution >= 0.6 is 0 Å². The van der Waals surface area contributed by atoms with Gasteiger partial charge in [-0.15, -0.1) is 0 Å². The first-order valence-corrected chi connectivity index (χ1v) is 10.3. The molecule has 1 aliphatic heterocycles. The summed E-state index contributed by atoms with van der Waals surface area (Å²) in [6, 6.07) is 0. The predicted octanol–water partition coefficient (Wildman–Crippen LogP) is -8.80. The second-order valence-electron chi connectivity index (χ2n) is 7.83. The predicted molar refractivity (Wildman–Crippen MR) is 108 cm³/mol. The Morgan fingerprint density at radius 3 is 1.58 bits per heavy atom. The molecule has 1 aliphatic rings. The highest BCUT2D eigenvalue weighted by molar-refractivity contribution is 5.89. The molecule has 0 aromatic heterocycles. The van der Waals surface area contributed by atoms with Gasteiger partial charge in [-0.1, -0.05) is 0 Å². The molecule has 0 amide bonds. The van der Waals surface area contributed by atoms with E-state index < -0.39 is 110 Å². The zero-order valence-corrected chi connectivity index (χ0v) is 18.9. The van der Waals surface area contributed by atoms with E-state index >= 15 is 0 Å². The van der Waals surface area contributed by atoms with E-state index in [0.717, 1.165) is 0 Å². The molecule has 14 N–H and O–H groups in total. The summed E-state index contributed by atoms with van der Waals surface area (Å²) in [5, 5.41) is 135. The van der Waals surface area contributed by atoms with Gasteiger partial charge in [0.05, 0.1) is 13.2 Å². The molecule has 1 rings (SSSR count). The zero-order chi connectivity index (χ0) is 29.7. The van der Waals surface area contributed by atoms with E-state index in [-0.39, 0.29) is 0 Å². The maximum atomic E-state index is 12.3. The lowest BCUT2D eigenvalue weighted by atomic mass is 10.0. The average Bonchev–Trinajstić information content (AvgIpc) is 3.16. The summed E-state index contributed by atoms with van der Waals surface area (Å²) in [5.41, 5.74) is 0. The lowest BCUT2D eigenvalue weighted by Crippen LogP contribution is -2.60. The van der Waals surface area contributed by atoms with Crippen LogP contribution in [0, 0.1) is 0 Å². The van der Waals surface area contributed by atoms with Crippen LogP contribution in [0.2, 0.25) is 0 Å². The summed E-state index contributed by atoms with van der Waals surface area (Å²) in [5.74, 6) is -13.5. The highest BCUT2D eigenvalue weighted by Gasteiger charge is 2.59. The second kappa shape index (κ2) is 13.4. The van der Waals surface area contributed by atoms with Crippen molar-refractivity contribution < 1.29 is 100 Å². The lowest BCUT2D eigenvalue weighted by molar-refractivity contribution is -0.334. The molecule has 11 atom stereocenters. The third-order valence-electron chi connectivity index (χ3n) is 5.12. The minimum Gasteiger partial charge on any atom is -0.505 e. The minimum atomic E-state index is -4.04. The number of carbonyl (C=O) groups excluding carboxylic acids is 3. The van der Waals surface area contributed by atoms with Crippen molar-refractivity contribution in [1.82, 2.24) is 0 Å². The number of esters is 3. The van der Waals surface area contributed by atoms with Crippen LogP contribution in [-0.2, 0) is 28.6 Å². The standard InChI is InChI=1S/C18H28O20/c19-1-3(21)5(23)7(25)10(28)15(32)37-17(34)18(35,13-9(27)12(30)14(31)36-13)38-16(33)11(29)8(26)6(24)4(22)2-20/h3-8,10-11,13,17,19-30,34-35H,1-2H2/t3?,4?,5?,6?,7?,8?,10?,11?,13-,17?,18-/m0/s1. The molecule has 0 aromatic rings. The Labute approximate surface area is 210 Å². The van der Waals surface area contributed by atoms with E-state index in [1.165, 1.54) is 0 Å². The van der Waals surface area contributed by atoms with Crippen molar-refractivity contribution in [2.75, 3.05) is 13.2 Å². The maximum absolute atomic E-state index is 12.3. The SMILES string of the molecule is O=C1O[C@H]([C@](O)(OC(=O)C(O)C(O)C(O)C(O)CO)C(O)OC(=O)C(O)C(O)C(O)C(O)CO)C(O)=C1O. The fraction of sp³-hybridized carbons (Fsp3) is 0.722. The Bertz CT molecular complexity index is 876. The van der Waals surface area contributed by atoms with E-state index in [1.54, 1.807) is 0 Å². The first-order chi connectivity index (χ1) is 17.5. The van der Waals surface area contributed by atoms with E-state index in [1.807, 2.05) is 0 Å². The number of cyclic esters (lactones) is 1. The monoisotopic (exact) mass is 564 g/mol. The van der Waals surface area contributed by atoms with E-state index in [0.29, 0.717) is 0 Å². The van der Waals surface area contributed by atoms with E-state index in [2.05, 4.69) is 14.2 Å². The molecule has 0 aliphatic carbocycles. The number of hydrogen-bond acceptors (Lipinski definition) is 20. The van der Waals surface area contributed by atoms with Crippen molar-refractivity contribution in [1.29, 1.82) is 0 Å². The van der Waals surface area contributed by atoms with Crippen molar-refractivity contribution >= 4 is 17.9 Å². The van der Waals surface area contributed by atoms with Gasteiger partial charge in [-0.2, -0.15) is 0 Å². The van der Waals surface area contributed by atoms with Gasteiger partial charge in [0.2, 0.25) is 11.9 Å². The van der Waals surface area contributed by atoms with Gasteiger partial charge in [0.1, 0.15) is 36.6 Å². The van der Waals surface area contributed by atoms with Crippen molar-refractivity contribution in [3.05, 3.63) is 11.5 Å². The van der Waals surface area contributed by atoms with Crippen LogP contribution in [0.5, 0.6) is 0 Å². The number of aliphatic hydroxyl groups is 14. The summed E-state index contributed by atoms with van der Waals surface area (Å²) >= 11 is 0. The molecule has 0 saturated carbocycles. The molecule has 20 heteroatoms. The van der Waals surface area contributed by atoms with Gasteiger partial charge < -0.3 is 85.7 Å². The van der Waals surface area contributed by atoms with Crippen LogP contribution in [0.15, 0.2) is 11.5 Å². The number of rotatable bonds is 14. The molecule has 38 heavy (non-hydrogen) atoms. The van der Waals surface area contributed by atoms with Gasteiger partial charge >= 0.3 is 23.7 Å². The Morgan fingerprint density at radius 1 is 0.789 bits per heavy atom. The van der Waals surface area contributed by atoms with Crippen molar-refractivity contribution in [3.8, 4) is 0 Å². The van der Waals surface area contributed by atoms with Gasteiger partial charge in [-0.3, -0.25) is 0 Å². The third kappa shape index (κ3) is 7.02. The summed E-state index contributed by atoms with van der Waals surface area (Å²) < 4.78 is 12.8. The molecule has 9 unspecified atom stereocenters. The van der Waals surface area contributed by atoms with Gasteiger partial charge in [0, 0.05) is 0 Å². The van der Waals surface area contributed by atoms with Crippen LogP contribution in [0.3, 0.4) is 0 Å². The first kappa shape index (κ1) is 33.3. The maximum Gasteiger partial charge on any atom is 0.378 e. The van der Waals surface area contributed by atoms with E-state index in [9.17, 15) is 75.7 Å². The van der Waals surface area contributed by atoms with Crippen molar-refractivity contribution in [2.45, 2.75) is 67.0 Å². The summed E-state index contributed by atoms with van der Waals surface area (Å²) in [4.78, 5) is 35.9. The minimum absolute atomic E-state index is 1.15. The van der Waals surface area contributed by atoms with Gasteiger partial charge in [0.25, 0.3) is 6.29 Å². The molecule has 0 saturated heterocycles. The average molecular weight is 564 g/mol. The van der Waals surface area contributed by atoms with Gasteiger partial charge in [-0.25, -0.2) is 14.4 Å². The van der Waals surface area contributed by atoms with E-state index in [4.69, 9.17) is 10.2 Å². The molecule has 0 bridgehead atoms. The molecule has 0 spiro atoms.